The van der Waals surface area contributed by atoms with Crippen molar-refractivity contribution in [2.75, 3.05) is 5.73 Å². The molecule has 0 spiro atoms. The van der Waals surface area contributed by atoms with Gasteiger partial charge in [-0.2, -0.15) is 18.3 Å². The molecule has 4 nitrogen and oxygen atoms in total. The summed E-state index contributed by atoms with van der Waals surface area (Å²) in [5, 5.41) is 2.47. The monoisotopic (exact) mass is 489 g/mol. The third-order valence-corrected chi connectivity index (χ3v) is 5.38. The zero-order chi connectivity index (χ0) is 19.3. The highest BCUT2D eigenvalue weighted by Crippen LogP contribution is 2.42. The molecule has 0 radical (unpaired) electrons. The zero-order valence-corrected chi connectivity index (χ0v) is 15.3. The van der Waals surface area contributed by atoms with E-state index < -0.39 is 53.8 Å². The second-order valence-corrected chi connectivity index (χ2v) is 7.39. The Hall–Kier alpha value is -0.820. The second-order valence-electron chi connectivity index (χ2n) is 4.42. The first-order valence-electron chi connectivity index (χ1n) is 5.84. The molecule has 1 atom stereocenters. The summed E-state index contributed by atoms with van der Waals surface area (Å²) in [6.07, 6.45) is -4.75. The third-order valence-electron chi connectivity index (χ3n) is 2.79. The highest BCUT2D eigenvalue weighted by molar-refractivity contribution is 9.10. The maximum atomic E-state index is 12.7. The molecule has 0 aliphatic carbocycles. The summed E-state index contributed by atoms with van der Waals surface area (Å²) < 4.78 is 87.7. The fraction of sp³-hybridized carbons (Fsp3) is 0.182. The Morgan fingerprint density at radius 1 is 1.12 bits per heavy atom. The number of hydrogen-bond acceptors (Lipinski definition) is 3. The van der Waals surface area contributed by atoms with Crippen molar-refractivity contribution < 1.29 is 30.9 Å². The Labute approximate surface area is 157 Å². The first-order chi connectivity index (χ1) is 11.2. The number of benzene rings is 1. The maximum Gasteiger partial charge on any atom is 0.578 e. The molecule has 138 valence electrons. The van der Waals surface area contributed by atoms with E-state index in [0.29, 0.717) is 16.8 Å². The molecule has 0 bridgehead atoms. The molecule has 0 aliphatic heterocycles. The van der Waals surface area contributed by atoms with Crippen LogP contribution in [0.1, 0.15) is 5.56 Å². The lowest BCUT2D eigenvalue weighted by Crippen LogP contribution is -2.24. The van der Waals surface area contributed by atoms with E-state index in [1.165, 1.54) is 0 Å². The second kappa shape index (κ2) is 6.72. The highest BCUT2D eigenvalue weighted by atomic mass is 79.9. The third kappa shape index (κ3) is 3.97. The molecule has 0 saturated heterocycles. The van der Waals surface area contributed by atoms with Gasteiger partial charge in [-0.05, 0) is 28.1 Å². The van der Waals surface area contributed by atoms with Gasteiger partial charge in [-0.15, -0.1) is 13.2 Å². The number of rotatable bonds is 2. The van der Waals surface area contributed by atoms with Crippen LogP contribution >= 0.6 is 39.1 Å². The minimum Gasteiger partial charge on any atom is -0.604 e. The summed E-state index contributed by atoms with van der Waals surface area (Å²) in [5.74, 6) is -0.744. The van der Waals surface area contributed by atoms with Crippen LogP contribution in [0.4, 0.5) is 32.2 Å². The molecule has 14 heteroatoms. The van der Waals surface area contributed by atoms with Gasteiger partial charge in [0.15, 0.2) is 10.4 Å². The van der Waals surface area contributed by atoms with Crippen molar-refractivity contribution in [1.29, 1.82) is 0 Å². The molecular weight excluding hydrogens is 487 g/mol. The van der Waals surface area contributed by atoms with Gasteiger partial charge in [0.25, 0.3) is 0 Å². The van der Waals surface area contributed by atoms with Crippen molar-refractivity contribution in [1.82, 2.24) is 9.78 Å². The molecule has 1 aromatic heterocycles. The Kier molecular flexibility index (Phi) is 5.51. The van der Waals surface area contributed by atoms with Gasteiger partial charge in [-0.1, -0.05) is 23.2 Å². The van der Waals surface area contributed by atoms with Crippen molar-refractivity contribution in [3.8, 4) is 5.69 Å². The molecule has 0 aliphatic rings. The smallest absolute Gasteiger partial charge is 0.578 e. The summed E-state index contributed by atoms with van der Waals surface area (Å²) in [4.78, 5) is -0.903. The Morgan fingerprint density at radius 3 is 2.00 bits per heavy atom. The van der Waals surface area contributed by atoms with Crippen LogP contribution in [0, 0.1) is 0 Å². The number of alkyl halides is 6. The highest BCUT2D eigenvalue weighted by Gasteiger charge is 2.49. The topological polar surface area (TPSA) is 66.9 Å². The van der Waals surface area contributed by atoms with Gasteiger partial charge < -0.3 is 10.3 Å². The van der Waals surface area contributed by atoms with Gasteiger partial charge in [0.1, 0.15) is 16.9 Å². The molecule has 1 aromatic carbocycles. The number of hydrogen-bond donors (Lipinski definition) is 1. The van der Waals surface area contributed by atoms with Gasteiger partial charge >= 0.3 is 11.7 Å². The minimum absolute atomic E-state index is 0.389. The average Bonchev–Trinajstić information content (AvgIpc) is 2.70. The molecule has 25 heavy (non-hydrogen) atoms. The summed E-state index contributed by atoms with van der Waals surface area (Å²) in [6, 6.07) is 1.02. The van der Waals surface area contributed by atoms with E-state index in [-0.39, 0.29) is 5.69 Å². The predicted octanol–water partition coefficient (Wildman–Crippen LogP) is 5.17. The van der Waals surface area contributed by atoms with E-state index >= 15 is 0 Å². The van der Waals surface area contributed by atoms with E-state index in [0.717, 1.165) is 0 Å². The maximum absolute atomic E-state index is 12.7. The van der Waals surface area contributed by atoms with Crippen molar-refractivity contribution in [3.63, 3.8) is 0 Å². The average molecular weight is 491 g/mol. The summed E-state index contributed by atoms with van der Waals surface area (Å²) >= 11 is 10.7. The standard InChI is InChI=1S/C11H4BrCl2F6N3OS/c12-8-7(25(24)11(18,19)20)9(21)23(22-8)6-4(13)1-3(2-5(6)14)10(15,16)17/h1-2H,21H2. The number of nitrogens with zero attached hydrogens (tertiary/aromatic N) is 2. The molecule has 2 aromatic rings. The number of halogens is 9. The summed E-state index contributed by atoms with van der Waals surface area (Å²) in [6.45, 7) is 0. The molecule has 0 fully saturated rings. The molecule has 2 N–H and O–H groups in total. The SMILES string of the molecule is Nc1c([S+]([O-])C(F)(F)F)c(Br)nn1-c1c(Cl)cc(C(F)(F)F)cc1Cl. The van der Waals surface area contributed by atoms with Gasteiger partial charge in [-0.25, -0.2) is 4.68 Å². The summed E-state index contributed by atoms with van der Waals surface area (Å²) in [7, 11) is 0. The lowest BCUT2D eigenvalue weighted by molar-refractivity contribution is -0.137. The van der Waals surface area contributed by atoms with Crippen LogP contribution in [-0.2, 0) is 17.4 Å². The van der Waals surface area contributed by atoms with E-state index in [4.69, 9.17) is 28.9 Å². The molecular formula is C11H4BrCl2F6N3OS. The van der Waals surface area contributed by atoms with Crippen molar-refractivity contribution in [3.05, 3.63) is 32.3 Å². The van der Waals surface area contributed by atoms with Crippen LogP contribution < -0.4 is 5.73 Å². The van der Waals surface area contributed by atoms with Crippen LogP contribution in [-0.4, -0.2) is 19.8 Å². The van der Waals surface area contributed by atoms with Crippen molar-refractivity contribution in [2.45, 2.75) is 16.6 Å². The molecule has 0 amide bonds. The van der Waals surface area contributed by atoms with Crippen LogP contribution in [0.2, 0.25) is 10.0 Å². The van der Waals surface area contributed by atoms with Gasteiger partial charge in [0.2, 0.25) is 4.90 Å². The first kappa shape index (κ1) is 20.5. The van der Waals surface area contributed by atoms with E-state index in [2.05, 4.69) is 21.0 Å². The van der Waals surface area contributed by atoms with E-state index in [1.807, 2.05) is 0 Å². The van der Waals surface area contributed by atoms with Gasteiger partial charge in [0.05, 0.1) is 15.6 Å². The van der Waals surface area contributed by atoms with Crippen LogP contribution in [0.15, 0.2) is 21.6 Å². The Bertz CT molecular complexity index is 802. The number of aromatic nitrogens is 2. The lowest BCUT2D eigenvalue weighted by atomic mass is 10.2. The molecule has 2 rings (SSSR count). The number of nitrogens with two attached hydrogens (primary N) is 1. The Balaban J connectivity index is 2.66. The van der Waals surface area contributed by atoms with Crippen LogP contribution in [0.25, 0.3) is 5.69 Å². The first-order valence-corrected chi connectivity index (χ1v) is 8.54. The van der Waals surface area contributed by atoms with Crippen molar-refractivity contribution >= 4 is 56.1 Å². The van der Waals surface area contributed by atoms with E-state index in [1.54, 1.807) is 0 Å². The van der Waals surface area contributed by atoms with Gasteiger partial charge in [0, 0.05) is 0 Å². The normalized spacial score (nSPS) is 14.0. The van der Waals surface area contributed by atoms with Crippen molar-refractivity contribution in [2.24, 2.45) is 0 Å². The minimum atomic E-state index is -5.13. The van der Waals surface area contributed by atoms with Crippen LogP contribution in [0.5, 0.6) is 0 Å². The Morgan fingerprint density at radius 2 is 1.60 bits per heavy atom. The fourth-order valence-electron chi connectivity index (χ4n) is 1.78. The molecule has 0 saturated carbocycles. The molecule has 1 heterocycles. The van der Waals surface area contributed by atoms with E-state index in [9.17, 15) is 30.9 Å². The number of nitrogen functional groups attached to an aromatic ring is 1. The van der Waals surface area contributed by atoms with Crippen LogP contribution in [0.3, 0.4) is 0 Å². The summed E-state index contributed by atoms with van der Waals surface area (Å²) in [5.41, 5.74) is -1.15. The molecule has 1 unspecified atom stereocenters. The van der Waals surface area contributed by atoms with Gasteiger partial charge in [-0.3, -0.25) is 0 Å². The lowest BCUT2D eigenvalue weighted by Gasteiger charge is -2.14. The zero-order valence-electron chi connectivity index (χ0n) is 11.3. The number of anilines is 1. The largest absolute Gasteiger partial charge is 0.604 e. The fourth-order valence-corrected chi connectivity index (χ4v) is 3.93. The quantitative estimate of drug-likeness (QED) is 0.466. The predicted molar refractivity (Wildman–Crippen MR) is 83.2 cm³/mol.